The van der Waals surface area contributed by atoms with Gasteiger partial charge in [0, 0.05) is 0 Å². The lowest BCUT2D eigenvalue weighted by Gasteiger charge is -2.22. The molecule has 1 saturated heterocycles. The van der Waals surface area contributed by atoms with Crippen molar-refractivity contribution in [1.82, 2.24) is 15.1 Å². The Morgan fingerprint density at radius 1 is 1.25 bits per heavy atom. The van der Waals surface area contributed by atoms with Crippen LogP contribution in [0, 0.1) is 6.92 Å². The number of nitrogens with one attached hydrogen (secondary N) is 1. The summed E-state index contributed by atoms with van der Waals surface area (Å²) in [6.07, 6.45) is 2.25. The summed E-state index contributed by atoms with van der Waals surface area (Å²) >= 11 is 0. The molecule has 5 nitrogen and oxygen atoms in total. The summed E-state index contributed by atoms with van der Waals surface area (Å²) in [4.78, 5) is 0. The van der Waals surface area contributed by atoms with Gasteiger partial charge in [0.15, 0.2) is 0 Å². The Balaban J connectivity index is 1.85. The number of piperidine rings is 1. The van der Waals surface area contributed by atoms with E-state index in [1.54, 1.807) is 4.68 Å². The van der Waals surface area contributed by atoms with Gasteiger partial charge in [-0.1, -0.05) is 18.2 Å². The minimum atomic E-state index is 0.230. The van der Waals surface area contributed by atoms with Gasteiger partial charge >= 0.3 is 0 Å². The zero-order chi connectivity index (χ0) is 13.9. The minimum absolute atomic E-state index is 0.230. The Morgan fingerprint density at radius 2 is 1.95 bits per heavy atom. The van der Waals surface area contributed by atoms with Crippen molar-refractivity contribution in [3.63, 3.8) is 0 Å². The molecule has 20 heavy (non-hydrogen) atoms. The lowest BCUT2D eigenvalue weighted by Crippen LogP contribution is -2.34. The largest absolute Gasteiger partial charge is 0.473 e. The number of ether oxygens (including phenoxy) is 1. The van der Waals surface area contributed by atoms with Gasteiger partial charge in [-0.3, -0.25) is 0 Å². The molecule has 2 aromatic rings. The predicted octanol–water partition coefficient (Wildman–Crippen LogP) is 1.89. The molecule has 106 valence electrons. The summed E-state index contributed by atoms with van der Waals surface area (Å²) in [5, 5.41) is 7.85. The average Bonchev–Trinajstić information content (AvgIpc) is 2.78. The van der Waals surface area contributed by atoms with Gasteiger partial charge in [0.05, 0.1) is 11.3 Å². The van der Waals surface area contributed by atoms with E-state index in [0.29, 0.717) is 11.7 Å². The maximum Gasteiger partial charge on any atom is 0.238 e. The molecule has 3 N–H and O–H groups in total. The molecule has 0 aliphatic carbocycles. The van der Waals surface area contributed by atoms with E-state index in [2.05, 4.69) is 10.4 Å². The molecule has 5 heteroatoms. The van der Waals surface area contributed by atoms with Gasteiger partial charge in [-0.05, 0) is 45.0 Å². The molecule has 0 amide bonds. The summed E-state index contributed by atoms with van der Waals surface area (Å²) in [6, 6.07) is 9.88. The maximum atomic E-state index is 6.15. The quantitative estimate of drug-likeness (QED) is 0.895. The lowest BCUT2D eigenvalue weighted by molar-refractivity contribution is 0.154. The third kappa shape index (κ3) is 2.49. The number of hydrogen-bond donors (Lipinski definition) is 2. The van der Waals surface area contributed by atoms with E-state index in [0.717, 1.165) is 37.2 Å². The zero-order valence-corrected chi connectivity index (χ0v) is 11.7. The first kappa shape index (κ1) is 13.0. The molecule has 1 aromatic carbocycles. The van der Waals surface area contributed by atoms with Crippen molar-refractivity contribution in [3.05, 3.63) is 35.9 Å². The van der Waals surface area contributed by atoms with Gasteiger partial charge in [-0.2, -0.15) is 0 Å². The van der Waals surface area contributed by atoms with E-state index < -0.39 is 0 Å². The molecular formula is C15H20N4O. The van der Waals surface area contributed by atoms with Crippen LogP contribution in [0.4, 0.5) is 5.82 Å². The van der Waals surface area contributed by atoms with Crippen LogP contribution in [0.2, 0.25) is 0 Å². The van der Waals surface area contributed by atoms with Crippen LogP contribution in [0.3, 0.4) is 0 Å². The van der Waals surface area contributed by atoms with E-state index in [9.17, 15) is 0 Å². The van der Waals surface area contributed by atoms with Crippen LogP contribution in [0.5, 0.6) is 5.88 Å². The number of benzene rings is 1. The molecule has 1 fully saturated rings. The Labute approximate surface area is 118 Å². The highest BCUT2D eigenvalue weighted by Crippen LogP contribution is 2.27. The van der Waals surface area contributed by atoms with E-state index in [-0.39, 0.29) is 6.10 Å². The predicted molar refractivity (Wildman–Crippen MR) is 79.2 cm³/mol. The van der Waals surface area contributed by atoms with Crippen molar-refractivity contribution in [2.24, 2.45) is 0 Å². The fourth-order valence-electron chi connectivity index (χ4n) is 2.44. The lowest BCUT2D eigenvalue weighted by atomic mass is 10.1. The molecule has 0 saturated carbocycles. The van der Waals surface area contributed by atoms with E-state index in [4.69, 9.17) is 10.5 Å². The fraction of sp³-hybridized carbons (Fsp3) is 0.400. The highest BCUT2D eigenvalue weighted by atomic mass is 16.5. The number of para-hydroxylation sites is 1. The van der Waals surface area contributed by atoms with Gasteiger partial charge in [0.25, 0.3) is 0 Å². The fourth-order valence-corrected chi connectivity index (χ4v) is 2.44. The van der Waals surface area contributed by atoms with Crippen molar-refractivity contribution < 1.29 is 4.74 Å². The molecule has 1 aliphatic heterocycles. The summed E-state index contributed by atoms with van der Waals surface area (Å²) in [7, 11) is 0. The number of rotatable bonds is 3. The molecular weight excluding hydrogens is 252 g/mol. The maximum absolute atomic E-state index is 6.15. The molecule has 0 bridgehead atoms. The summed E-state index contributed by atoms with van der Waals surface area (Å²) in [6.45, 7) is 3.95. The molecule has 0 unspecified atom stereocenters. The Bertz CT molecular complexity index is 573. The topological polar surface area (TPSA) is 65.1 Å². The van der Waals surface area contributed by atoms with Crippen molar-refractivity contribution in [2.45, 2.75) is 25.9 Å². The van der Waals surface area contributed by atoms with Crippen molar-refractivity contribution >= 4 is 5.82 Å². The van der Waals surface area contributed by atoms with Crippen LogP contribution in [0.1, 0.15) is 18.4 Å². The van der Waals surface area contributed by atoms with Crippen LogP contribution in [-0.2, 0) is 0 Å². The Hall–Kier alpha value is -2.01. The molecule has 2 heterocycles. The summed E-state index contributed by atoms with van der Waals surface area (Å²) in [5.74, 6) is 1.29. The number of hydrogen-bond acceptors (Lipinski definition) is 4. The zero-order valence-electron chi connectivity index (χ0n) is 11.7. The van der Waals surface area contributed by atoms with E-state index >= 15 is 0 Å². The summed E-state index contributed by atoms with van der Waals surface area (Å²) in [5.41, 5.74) is 8.01. The molecule has 0 spiro atoms. The van der Waals surface area contributed by atoms with E-state index in [1.165, 1.54) is 0 Å². The molecule has 1 aromatic heterocycles. The van der Waals surface area contributed by atoms with Crippen LogP contribution in [0.15, 0.2) is 30.3 Å². The monoisotopic (exact) mass is 272 g/mol. The molecule has 0 radical (unpaired) electrons. The number of nitrogens with zero attached hydrogens (tertiary/aromatic N) is 2. The van der Waals surface area contributed by atoms with Gasteiger partial charge in [-0.25, -0.2) is 4.68 Å². The first-order valence-electron chi connectivity index (χ1n) is 7.03. The van der Waals surface area contributed by atoms with Gasteiger partial charge < -0.3 is 15.8 Å². The second kappa shape index (κ2) is 5.54. The third-order valence-electron chi connectivity index (χ3n) is 3.69. The molecule has 3 rings (SSSR count). The second-order valence-corrected chi connectivity index (χ2v) is 5.13. The number of aromatic nitrogens is 2. The SMILES string of the molecule is Cc1c(OC2CCNCC2)nn(-c2ccccc2)c1N. The van der Waals surface area contributed by atoms with E-state index in [1.807, 2.05) is 37.3 Å². The first-order chi connectivity index (χ1) is 9.75. The average molecular weight is 272 g/mol. The standard InChI is InChI=1S/C15H20N4O/c1-11-14(16)19(12-5-3-2-4-6-12)18-15(11)20-13-7-9-17-10-8-13/h2-6,13,17H,7-10,16H2,1H3. The van der Waals surface area contributed by atoms with Gasteiger partial charge in [-0.15, -0.1) is 5.10 Å². The van der Waals surface area contributed by atoms with Crippen LogP contribution in [0.25, 0.3) is 5.69 Å². The minimum Gasteiger partial charge on any atom is -0.473 e. The highest BCUT2D eigenvalue weighted by Gasteiger charge is 2.20. The summed E-state index contributed by atoms with van der Waals surface area (Å²) < 4.78 is 7.76. The third-order valence-corrected chi connectivity index (χ3v) is 3.69. The Morgan fingerprint density at radius 3 is 2.65 bits per heavy atom. The number of anilines is 1. The van der Waals surface area contributed by atoms with Crippen molar-refractivity contribution in [1.29, 1.82) is 0 Å². The van der Waals surface area contributed by atoms with Crippen molar-refractivity contribution in [3.8, 4) is 11.6 Å². The number of nitrogens with two attached hydrogens (primary N) is 1. The van der Waals surface area contributed by atoms with Gasteiger partial charge in [0.2, 0.25) is 5.88 Å². The first-order valence-corrected chi connectivity index (χ1v) is 7.03. The normalized spacial score (nSPS) is 16.2. The Kier molecular flexibility index (Phi) is 3.60. The van der Waals surface area contributed by atoms with Crippen LogP contribution >= 0.6 is 0 Å². The smallest absolute Gasteiger partial charge is 0.238 e. The second-order valence-electron chi connectivity index (χ2n) is 5.13. The van der Waals surface area contributed by atoms with Crippen LogP contribution < -0.4 is 15.8 Å². The highest BCUT2D eigenvalue weighted by molar-refractivity contribution is 5.51. The van der Waals surface area contributed by atoms with Gasteiger partial charge in [0.1, 0.15) is 11.9 Å². The number of nitrogen functional groups attached to an aromatic ring is 1. The van der Waals surface area contributed by atoms with Crippen LogP contribution in [-0.4, -0.2) is 29.0 Å². The van der Waals surface area contributed by atoms with Crippen molar-refractivity contribution in [2.75, 3.05) is 18.8 Å². The molecule has 1 aliphatic rings. The molecule has 0 atom stereocenters.